The second-order valence-corrected chi connectivity index (χ2v) is 9.98. The van der Waals surface area contributed by atoms with Crippen molar-refractivity contribution in [2.45, 2.75) is 50.9 Å². The molecule has 1 aliphatic carbocycles. The van der Waals surface area contributed by atoms with Crippen LogP contribution in [0.4, 0.5) is 0 Å². The maximum Gasteiger partial charge on any atom is 0.308 e. The number of hydrogen-bond donors (Lipinski definition) is 0. The molecule has 0 spiro atoms. The Morgan fingerprint density at radius 1 is 1.29 bits per heavy atom. The van der Waals surface area contributed by atoms with Crippen LogP contribution in [-0.4, -0.2) is 21.2 Å². The molecule has 0 heterocycles. The van der Waals surface area contributed by atoms with Crippen LogP contribution in [0.5, 0.6) is 0 Å². The second-order valence-electron chi connectivity index (χ2n) is 4.39. The van der Waals surface area contributed by atoms with Gasteiger partial charge in [0.25, 0.3) is 0 Å². The summed E-state index contributed by atoms with van der Waals surface area (Å²) < 4.78 is 4.82. The Labute approximate surface area is 88.0 Å². The smallest absolute Gasteiger partial charge is 0.308 e. The van der Waals surface area contributed by atoms with E-state index < -0.39 is 8.07 Å². The molecule has 0 radical (unpaired) electrons. The normalized spacial score (nSPS) is 26.0. The van der Waals surface area contributed by atoms with E-state index in [2.05, 4.69) is 20.8 Å². The third-order valence-corrected chi connectivity index (χ3v) is 10.6. The van der Waals surface area contributed by atoms with Crippen molar-refractivity contribution in [3.8, 4) is 0 Å². The fourth-order valence-corrected chi connectivity index (χ4v) is 7.64. The largest absolute Gasteiger partial charge is 0.469 e. The lowest BCUT2D eigenvalue weighted by Crippen LogP contribution is -2.33. The van der Waals surface area contributed by atoms with Crippen molar-refractivity contribution in [1.29, 1.82) is 0 Å². The van der Waals surface area contributed by atoms with Gasteiger partial charge in [-0.2, -0.15) is 0 Å². The number of rotatable bonds is 5. The van der Waals surface area contributed by atoms with E-state index in [4.69, 9.17) is 4.74 Å². The van der Waals surface area contributed by atoms with Gasteiger partial charge in [0.1, 0.15) is 0 Å². The number of esters is 1. The van der Waals surface area contributed by atoms with Crippen LogP contribution in [0.25, 0.3) is 0 Å². The summed E-state index contributed by atoms with van der Waals surface area (Å²) in [6, 6.07) is 3.95. The van der Waals surface area contributed by atoms with Crippen molar-refractivity contribution in [1.82, 2.24) is 0 Å². The summed E-state index contributed by atoms with van der Waals surface area (Å²) in [5, 5.41) is 0. The minimum atomic E-state index is -1.13. The van der Waals surface area contributed by atoms with Gasteiger partial charge in [0.2, 0.25) is 0 Å². The molecule has 1 rings (SSSR count). The summed E-state index contributed by atoms with van der Waals surface area (Å²) in [4.78, 5) is 11.4. The Balaban J connectivity index is 2.62. The Morgan fingerprint density at radius 3 is 2.14 bits per heavy atom. The number of carbonyl (C=O) groups excluding carboxylic acids is 1. The molecule has 1 saturated carbocycles. The summed E-state index contributed by atoms with van der Waals surface area (Å²) in [6.45, 7) is 6.89. The number of hydrogen-bond acceptors (Lipinski definition) is 2. The van der Waals surface area contributed by atoms with Crippen molar-refractivity contribution < 1.29 is 9.53 Å². The van der Waals surface area contributed by atoms with E-state index in [0.29, 0.717) is 0 Å². The highest BCUT2D eigenvalue weighted by Gasteiger charge is 2.54. The van der Waals surface area contributed by atoms with Crippen LogP contribution >= 0.6 is 0 Å². The highest BCUT2D eigenvalue weighted by atomic mass is 28.3. The van der Waals surface area contributed by atoms with Crippen molar-refractivity contribution in [3.05, 3.63) is 0 Å². The molecule has 0 aromatic rings. The van der Waals surface area contributed by atoms with E-state index in [1.807, 2.05) is 0 Å². The van der Waals surface area contributed by atoms with Gasteiger partial charge in [-0.15, -0.1) is 0 Å². The van der Waals surface area contributed by atoms with E-state index >= 15 is 0 Å². The highest BCUT2D eigenvalue weighted by molar-refractivity contribution is 6.82. The number of methoxy groups -OCH3 is 1. The molecule has 14 heavy (non-hydrogen) atoms. The zero-order valence-electron chi connectivity index (χ0n) is 9.80. The molecule has 0 amide bonds. The van der Waals surface area contributed by atoms with Gasteiger partial charge >= 0.3 is 5.97 Å². The molecule has 0 aliphatic heterocycles. The average Bonchev–Trinajstić information content (AvgIpc) is 3.01. The molecule has 0 aromatic carbocycles. The highest BCUT2D eigenvalue weighted by Crippen LogP contribution is 2.56. The van der Waals surface area contributed by atoms with Crippen LogP contribution in [0.1, 0.15) is 27.2 Å². The predicted octanol–water partition coefficient (Wildman–Crippen LogP) is 3.06. The first-order valence-electron chi connectivity index (χ1n) is 5.73. The lowest BCUT2D eigenvalue weighted by molar-refractivity contribution is -0.142. The molecule has 0 bridgehead atoms. The molecule has 0 saturated heterocycles. The van der Waals surface area contributed by atoms with E-state index in [-0.39, 0.29) is 11.9 Å². The molecule has 0 N–H and O–H groups in total. The zero-order valence-corrected chi connectivity index (χ0v) is 10.8. The molecular formula is C11H22O2Si. The van der Waals surface area contributed by atoms with Crippen molar-refractivity contribution in [2.75, 3.05) is 7.11 Å². The van der Waals surface area contributed by atoms with E-state index in [0.717, 1.165) is 12.0 Å². The Kier molecular flexibility index (Phi) is 3.76. The number of ether oxygens (including phenoxy) is 1. The van der Waals surface area contributed by atoms with Crippen LogP contribution in [0.2, 0.25) is 23.7 Å². The van der Waals surface area contributed by atoms with E-state index in [9.17, 15) is 4.79 Å². The Morgan fingerprint density at radius 2 is 1.79 bits per heavy atom. The lowest BCUT2D eigenvalue weighted by Gasteiger charge is -2.28. The van der Waals surface area contributed by atoms with Gasteiger partial charge in [-0.3, -0.25) is 4.79 Å². The first-order chi connectivity index (χ1) is 6.65. The standard InChI is InChI=1S/C11H22O2Si/c1-5-14(6-2,7-3)10-8-9(10)11(12)13-4/h9-10H,5-8H2,1-4H3/t9-,10-/m0/s1. The summed E-state index contributed by atoms with van der Waals surface area (Å²) in [7, 11) is 0.378. The van der Waals surface area contributed by atoms with Crippen LogP contribution in [0.15, 0.2) is 0 Å². The average molecular weight is 214 g/mol. The van der Waals surface area contributed by atoms with Gasteiger partial charge in [0.15, 0.2) is 0 Å². The van der Waals surface area contributed by atoms with Crippen molar-refractivity contribution in [3.63, 3.8) is 0 Å². The third kappa shape index (κ3) is 1.87. The fraction of sp³-hybridized carbons (Fsp3) is 0.909. The molecule has 0 unspecified atom stereocenters. The minimum Gasteiger partial charge on any atom is -0.469 e. The fourth-order valence-electron chi connectivity index (χ4n) is 2.82. The molecule has 2 atom stereocenters. The van der Waals surface area contributed by atoms with Crippen molar-refractivity contribution in [2.24, 2.45) is 5.92 Å². The maximum atomic E-state index is 11.4. The quantitative estimate of drug-likeness (QED) is 0.519. The zero-order chi connectivity index (χ0) is 10.8. The molecule has 3 heteroatoms. The van der Waals surface area contributed by atoms with Gasteiger partial charge in [-0.25, -0.2) is 0 Å². The summed E-state index contributed by atoms with van der Waals surface area (Å²) in [6.07, 6.45) is 1.11. The molecule has 0 aromatic heterocycles. The van der Waals surface area contributed by atoms with Gasteiger partial charge < -0.3 is 4.74 Å². The summed E-state index contributed by atoms with van der Waals surface area (Å²) in [5.41, 5.74) is 0.718. The van der Waals surface area contributed by atoms with Crippen LogP contribution in [-0.2, 0) is 9.53 Å². The molecule has 2 nitrogen and oxygen atoms in total. The molecule has 82 valence electrons. The topological polar surface area (TPSA) is 26.3 Å². The minimum absolute atomic E-state index is 0.0298. The van der Waals surface area contributed by atoms with Gasteiger partial charge in [0.05, 0.1) is 21.1 Å². The van der Waals surface area contributed by atoms with E-state index in [1.54, 1.807) is 0 Å². The Bertz CT molecular complexity index is 203. The third-order valence-electron chi connectivity index (χ3n) is 4.19. The summed E-state index contributed by atoms with van der Waals surface area (Å²) in [5.74, 6) is 0.286. The first-order valence-corrected chi connectivity index (χ1v) is 8.42. The van der Waals surface area contributed by atoms with Crippen LogP contribution in [0, 0.1) is 5.92 Å². The number of carbonyl (C=O) groups is 1. The van der Waals surface area contributed by atoms with E-state index in [1.165, 1.54) is 25.2 Å². The summed E-state index contributed by atoms with van der Waals surface area (Å²) >= 11 is 0. The lowest BCUT2D eigenvalue weighted by atomic mass is 10.4. The van der Waals surface area contributed by atoms with Gasteiger partial charge in [-0.05, 0) is 12.0 Å². The Hall–Kier alpha value is -0.313. The maximum absolute atomic E-state index is 11.4. The van der Waals surface area contributed by atoms with Crippen molar-refractivity contribution >= 4 is 14.0 Å². The van der Waals surface area contributed by atoms with Crippen LogP contribution in [0.3, 0.4) is 0 Å². The second kappa shape index (κ2) is 4.47. The SMILES string of the molecule is CC[Si](CC)(CC)[C@H]1C[C@@H]1C(=O)OC. The predicted molar refractivity (Wildman–Crippen MR) is 61.1 cm³/mol. The molecular weight excluding hydrogens is 192 g/mol. The van der Waals surface area contributed by atoms with Gasteiger partial charge in [-0.1, -0.05) is 38.9 Å². The van der Waals surface area contributed by atoms with Gasteiger partial charge in [0, 0.05) is 0 Å². The first kappa shape index (κ1) is 11.8. The molecule has 1 fully saturated rings. The molecule has 1 aliphatic rings. The van der Waals surface area contributed by atoms with Crippen LogP contribution < -0.4 is 0 Å². The monoisotopic (exact) mass is 214 g/mol.